The Morgan fingerprint density at radius 2 is 2.17 bits per heavy atom. The molecular weight excluding hydrogens is 405 g/mol. The first-order valence-electron chi connectivity index (χ1n) is 6.82. The number of aromatic nitrogens is 1. The summed E-state index contributed by atoms with van der Waals surface area (Å²) in [6, 6.07) is 7.16. The number of ether oxygens (including phenoxy) is 1. The Kier molecular flexibility index (Phi) is 3.55. The summed E-state index contributed by atoms with van der Waals surface area (Å²) in [6.07, 6.45) is 0.665. The number of nitrogens with two attached hydrogens (primary N) is 1. The van der Waals surface area contributed by atoms with E-state index in [0.29, 0.717) is 22.9 Å². The smallest absolute Gasteiger partial charge is 0.257 e. The molecule has 0 aliphatic carbocycles. The zero-order chi connectivity index (χ0) is 16.2. The molecule has 0 saturated carbocycles. The van der Waals surface area contributed by atoms with Crippen molar-refractivity contribution >= 4 is 44.5 Å². The monoisotopic (exact) mass is 413 g/mol. The van der Waals surface area contributed by atoms with Crippen LogP contribution in [0.2, 0.25) is 5.15 Å². The van der Waals surface area contributed by atoms with E-state index in [1.54, 1.807) is 12.1 Å². The average molecular weight is 415 g/mol. The highest BCUT2D eigenvalue weighted by atomic mass is 79.9. The van der Waals surface area contributed by atoms with Crippen molar-refractivity contribution < 1.29 is 9.13 Å². The first kappa shape index (κ1) is 15.2. The molecule has 8 heteroatoms. The summed E-state index contributed by atoms with van der Waals surface area (Å²) in [5, 5.41) is 0.526. The van der Waals surface area contributed by atoms with Crippen molar-refractivity contribution in [1.29, 1.82) is 0 Å². The van der Waals surface area contributed by atoms with Crippen molar-refractivity contribution in [2.24, 2.45) is 10.7 Å². The molecule has 0 radical (unpaired) electrons. The normalized spacial score (nSPS) is 22.1. The Morgan fingerprint density at radius 1 is 1.35 bits per heavy atom. The predicted octanol–water partition coefficient (Wildman–Crippen LogP) is 4.44. The van der Waals surface area contributed by atoms with E-state index in [1.165, 1.54) is 11.8 Å². The lowest BCUT2D eigenvalue weighted by molar-refractivity contribution is 0.362. The largest absolute Gasteiger partial charge is 0.452 e. The molecule has 1 aromatic carbocycles. The van der Waals surface area contributed by atoms with Crippen molar-refractivity contribution in [2.45, 2.75) is 12.0 Å². The van der Waals surface area contributed by atoms with Crippen molar-refractivity contribution in [3.63, 3.8) is 0 Å². The maximum Gasteiger partial charge on any atom is 0.257 e. The summed E-state index contributed by atoms with van der Waals surface area (Å²) < 4.78 is 21.0. The standard InChI is InChI=1S/C15H10BrClFN3OS/c16-7-1-2-10-8(5-7)15(3-4-23-14(19)21-15)9-6-11(17)20-13(18)12(9)22-10/h1-2,5-6H,3-4H2,(H2,19,21)/t15-/m0/s1. The van der Waals surface area contributed by atoms with Crippen LogP contribution in [-0.2, 0) is 5.54 Å². The fraction of sp³-hybridized carbons (Fsp3) is 0.200. The summed E-state index contributed by atoms with van der Waals surface area (Å²) >= 11 is 10.9. The first-order valence-corrected chi connectivity index (χ1v) is 8.98. The van der Waals surface area contributed by atoms with Crippen LogP contribution in [0.4, 0.5) is 4.39 Å². The van der Waals surface area contributed by atoms with Crippen LogP contribution in [-0.4, -0.2) is 15.9 Å². The van der Waals surface area contributed by atoms with Crippen LogP contribution in [0.5, 0.6) is 11.5 Å². The summed E-state index contributed by atoms with van der Waals surface area (Å²) in [7, 11) is 0. The van der Waals surface area contributed by atoms with E-state index in [4.69, 9.17) is 22.1 Å². The summed E-state index contributed by atoms with van der Waals surface area (Å²) in [6.45, 7) is 0. The molecule has 1 spiro atoms. The van der Waals surface area contributed by atoms with Gasteiger partial charge >= 0.3 is 0 Å². The number of hydrogen-bond acceptors (Lipinski definition) is 5. The average Bonchev–Trinajstić information content (AvgIpc) is 2.50. The van der Waals surface area contributed by atoms with Gasteiger partial charge in [0.2, 0.25) is 0 Å². The van der Waals surface area contributed by atoms with Crippen molar-refractivity contribution in [3.8, 4) is 11.5 Å². The molecule has 0 bridgehead atoms. The van der Waals surface area contributed by atoms with E-state index in [-0.39, 0.29) is 10.9 Å². The van der Waals surface area contributed by atoms with Gasteiger partial charge in [0, 0.05) is 21.4 Å². The molecule has 0 fully saturated rings. The van der Waals surface area contributed by atoms with Gasteiger partial charge in [-0.1, -0.05) is 39.3 Å². The van der Waals surface area contributed by atoms with Gasteiger partial charge in [0.1, 0.15) is 16.4 Å². The summed E-state index contributed by atoms with van der Waals surface area (Å²) in [4.78, 5) is 8.34. The number of amidine groups is 1. The number of benzene rings is 1. The Balaban J connectivity index is 2.08. The second-order valence-corrected chi connectivity index (χ2v) is 7.68. The third-order valence-corrected chi connectivity index (χ3v) is 5.44. The molecule has 0 amide bonds. The van der Waals surface area contributed by atoms with Crippen LogP contribution in [0.1, 0.15) is 17.5 Å². The topological polar surface area (TPSA) is 60.5 Å². The Labute approximate surface area is 149 Å². The molecule has 0 unspecified atom stereocenters. The van der Waals surface area contributed by atoms with Crippen LogP contribution < -0.4 is 10.5 Å². The molecule has 1 aromatic heterocycles. The Morgan fingerprint density at radius 3 is 2.96 bits per heavy atom. The third kappa shape index (κ3) is 2.33. The van der Waals surface area contributed by atoms with E-state index < -0.39 is 11.5 Å². The Bertz CT molecular complexity index is 863. The van der Waals surface area contributed by atoms with Gasteiger partial charge in [-0.25, -0.2) is 9.98 Å². The minimum Gasteiger partial charge on any atom is -0.452 e. The number of rotatable bonds is 0. The van der Waals surface area contributed by atoms with E-state index in [0.717, 1.165) is 15.8 Å². The van der Waals surface area contributed by atoms with E-state index in [9.17, 15) is 4.39 Å². The van der Waals surface area contributed by atoms with Gasteiger partial charge in [0.05, 0.1) is 0 Å². The number of hydrogen-bond donors (Lipinski definition) is 1. The second-order valence-electron chi connectivity index (χ2n) is 5.26. The lowest BCUT2D eigenvalue weighted by Crippen LogP contribution is -2.36. The van der Waals surface area contributed by atoms with Gasteiger partial charge in [-0.2, -0.15) is 4.39 Å². The molecule has 4 rings (SSSR count). The van der Waals surface area contributed by atoms with Crippen LogP contribution >= 0.6 is 39.3 Å². The lowest BCUT2D eigenvalue weighted by Gasteiger charge is -2.39. The molecule has 2 aromatic rings. The number of halogens is 3. The molecule has 2 aliphatic heterocycles. The van der Waals surface area contributed by atoms with Crippen molar-refractivity contribution in [2.75, 3.05) is 5.75 Å². The molecule has 3 heterocycles. The maximum absolute atomic E-state index is 14.3. The van der Waals surface area contributed by atoms with E-state index in [2.05, 4.69) is 25.9 Å². The molecule has 1 atom stereocenters. The number of thioether (sulfide) groups is 1. The zero-order valence-electron chi connectivity index (χ0n) is 11.6. The number of nitrogens with zero attached hydrogens (tertiary/aromatic N) is 2. The minimum absolute atomic E-state index is 0.0627. The van der Waals surface area contributed by atoms with Gasteiger partial charge < -0.3 is 10.5 Å². The SMILES string of the molecule is NC1=N[C@@]2(CCS1)c1cc(Br)ccc1Oc1c2cc(Cl)nc1F. The Hall–Kier alpha value is -1.31. The van der Waals surface area contributed by atoms with Crippen LogP contribution in [0.15, 0.2) is 33.7 Å². The van der Waals surface area contributed by atoms with Gasteiger partial charge in [0.15, 0.2) is 10.9 Å². The molecule has 4 nitrogen and oxygen atoms in total. The highest BCUT2D eigenvalue weighted by Gasteiger charge is 2.45. The maximum atomic E-state index is 14.3. The van der Waals surface area contributed by atoms with Gasteiger partial charge in [-0.15, -0.1) is 0 Å². The lowest BCUT2D eigenvalue weighted by atomic mass is 9.79. The quantitative estimate of drug-likeness (QED) is 0.648. The van der Waals surface area contributed by atoms with Crippen LogP contribution in [0.3, 0.4) is 0 Å². The molecule has 23 heavy (non-hydrogen) atoms. The molecular formula is C15H10BrClFN3OS. The number of fused-ring (bicyclic) bond motifs is 4. The fourth-order valence-electron chi connectivity index (χ4n) is 3.02. The first-order chi connectivity index (χ1) is 11.0. The second kappa shape index (κ2) is 5.36. The molecule has 2 N–H and O–H groups in total. The molecule has 2 aliphatic rings. The van der Waals surface area contributed by atoms with E-state index in [1.807, 2.05) is 12.1 Å². The number of pyridine rings is 1. The summed E-state index contributed by atoms with van der Waals surface area (Å²) in [5.41, 5.74) is 6.57. The highest BCUT2D eigenvalue weighted by molar-refractivity contribution is 9.10. The highest BCUT2D eigenvalue weighted by Crippen LogP contribution is 2.54. The fourth-order valence-corrected chi connectivity index (χ4v) is 4.39. The van der Waals surface area contributed by atoms with Gasteiger partial charge in [-0.3, -0.25) is 0 Å². The van der Waals surface area contributed by atoms with E-state index >= 15 is 0 Å². The number of aliphatic imine (C=N–C) groups is 1. The van der Waals surface area contributed by atoms with Crippen molar-refractivity contribution in [3.05, 3.63) is 51.0 Å². The van der Waals surface area contributed by atoms with Gasteiger partial charge in [-0.05, 0) is 30.7 Å². The third-order valence-electron chi connectivity index (χ3n) is 3.96. The predicted molar refractivity (Wildman–Crippen MR) is 92.9 cm³/mol. The van der Waals surface area contributed by atoms with Crippen molar-refractivity contribution in [1.82, 2.24) is 4.98 Å². The minimum atomic E-state index is -0.810. The van der Waals surface area contributed by atoms with Crippen LogP contribution in [0.25, 0.3) is 0 Å². The zero-order valence-corrected chi connectivity index (χ0v) is 14.8. The summed E-state index contributed by atoms with van der Waals surface area (Å²) in [5.74, 6) is 0.634. The van der Waals surface area contributed by atoms with Gasteiger partial charge in [0.25, 0.3) is 5.95 Å². The van der Waals surface area contributed by atoms with Crippen LogP contribution in [0, 0.1) is 5.95 Å². The molecule has 0 saturated heterocycles. The molecule has 118 valence electrons.